The molecule has 0 spiro atoms. The van der Waals surface area contributed by atoms with E-state index in [2.05, 4.69) is 35.9 Å². The maximum absolute atomic E-state index is 13.3. The van der Waals surface area contributed by atoms with E-state index in [4.69, 9.17) is 5.73 Å². The number of rotatable bonds is 15. The zero-order chi connectivity index (χ0) is 27.5. The molecule has 2 heterocycles. The van der Waals surface area contributed by atoms with E-state index in [0.29, 0.717) is 17.8 Å². The average Bonchev–Trinajstić information content (AvgIpc) is 3.51. The first-order valence-electron chi connectivity index (χ1n) is 12.3. The fourth-order valence-corrected chi connectivity index (χ4v) is 3.78. The molecule has 204 valence electrons. The number of hydrogen-bond acceptors (Lipinski definition) is 7. The molecule has 0 saturated heterocycles. The second kappa shape index (κ2) is 14.1. The first-order chi connectivity index (χ1) is 17.5. The van der Waals surface area contributed by atoms with Crippen LogP contribution in [0.5, 0.6) is 0 Å². The Morgan fingerprint density at radius 3 is 1.70 bits per heavy atom. The second-order valence-corrected chi connectivity index (χ2v) is 9.95. The monoisotopic (exact) mass is 518 g/mol. The summed E-state index contributed by atoms with van der Waals surface area (Å²) in [4.78, 5) is 64.4. The third kappa shape index (κ3) is 10.0. The quantitative estimate of drug-likeness (QED) is 0.169. The topological polar surface area (TPSA) is 208 Å². The number of nitrogens with zero attached hydrogens (tertiary/aromatic N) is 2. The summed E-state index contributed by atoms with van der Waals surface area (Å²) in [5, 5.41) is 17.5. The summed E-state index contributed by atoms with van der Waals surface area (Å²) in [6, 6.07) is -4.09. The molecule has 0 bridgehead atoms. The van der Waals surface area contributed by atoms with E-state index in [-0.39, 0.29) is 31.1 Å². The van der Waals surface area contributed by atoms with E-state index in [0.717, 1.165) is 0 Å². The first kappa shape index (κ1) is 29.5. The highest BCUT2D eigenvalue weighted by Gasteiger charge is 2.31. The molecule has 8 N–H and O–H groups in total. The molecule has 4 atom stereocenters. The van der Waals surface area contributed by atoms with Gasteiger partial charge in [-0.3, -0.25) is 14.4 Å². The van der Waals surface area contributed by atoms with Gasteiger partial charge in [-0.15, -0.1) is 0 Å². The largest absolute Gasteiger partial charge is 0.480 e. The Labute approximate surface area is 215 Å². The van der Waals surface area contributed by atoms with Gasteiger partial charge in [0.25, 0.3) is 0 Å². The van der Waals surface area contributed by atoms with Gasteiger partial charge >= 0.3 is 5.97 Å². The van der Waals surface area contributed by atoms with Crippen LogP contribution in [0.1, 0.15) is 51.9 Å². The average molecular weight is 519 g/mol. The van der Waals surface area contributed by atoms with Gasteiger partial charge in [0.15, 0.2) is 0 Å². The number of carboxylic acids is 1. The molecule has 2 aromatic rings. The third-order valence-corrected chi connectivity index (χ3v) is 5.61. The van der Waals surface area contributed by atoms with Gasteiger partial charge in [0.2, 0.25) is 17.7 Å². The minimum Gasteiger partial charge on any atom is -0.480 e. The van der Waals surface area contributed by atoms with Crippen LogP contribution < -0.4 is 21.7 Å². The normalized spacial score (nSPS) is 14.6. The Balaban J connectivity index is 2.17. The van der Waals surface area contributed by atoms with E-state index < -0.39 is 47.9 Å². The number of nitrogens with one attached hydrogen (secondary N) is 5. The van der Waals surface area contributed by atoms with E-state index in [1.807, 2.05) is 27.7 Å². The molecule has 4 unspecified atom stereocenters. The van der Waals surface area contributed by atoms with Gasteiger partial charge < -0.3 is 36.8 Å². The van der Waals surface area contributed by atoms with Crippen molar-refractivity contribution >= 4 is 23.7 Å². The van der Waals surface area contributed by atoms with Crippen molar-refractivity contribution in [1.82, 2.24) is 35.9 Å². The van der Waals surface area contributed by atoms with Gasteiger partial charge in [-0.2, -0.15) is 0 Å². The number of carbonyl (C=O) groups is 4. The summed E-state index contributed by atoms with van der Waals surface area (Å²) in [6.45, 7) is 7.63. The highest BCUT2D eigenvalue weighted by Crippen LogP contribution is 2.09. The van der Waals surface area contributed by atoms with Crippen LogP contribution in [0.4, 0.5) is 0 Å². The highest BCUT2D eigenvalue weighted by atomic mass is 16.4. The van der Waals surface area contributed by atoms with E-state index >= 15 is 0 Å². The lowest BCUT2D eigenvalue weighted by Gasteiger charge is -2.26. The lowest BCUT2D eigenvalue weighted by molar-refractivity contribution is -0.142. The fraction of sp³-hybridized carbons (Fsp3) is 0.583. The van der Waals surface area contributed by atoms with Crippen molar-refractivity contribution in [3.05, 3.63) is 36.4 Å². The van der Waals surface area contributed by atoms with E-state index in [1.165, 1.54) is 25.0 Å². The van der Waals surface area contributed by atoms with Gasteiger partial charge in [0, 0.05) is 36.6 Å². The van der Waals surface area contributed by atoms with Gasteiger partial charge in [-0.25, -0.2) is 14.8 Å². The number of carbonyl (C=O) groups excluding carboxylic acids is 3. The van der Waals surface area contributed by atoms with Crippen LogP contribution in [0.25, 0.3) is 0 Å². The lowest BCUT2D eigenvalue weighted by Crippen LogP contribution is -2.58. The van der Waals surface area contributed by atoms with Crippen LogP contribution in [0.15, 0.2) is 25.0 Å². The minimum atomic E-state index is -1.23. The molecule has 13 heteroatoms. The van der Waals surface area contributed by atoms with Gasteiger partial charge in [0.1, 0.15) is 18.1 Å². The standard InChI is InChI=1S/C24H38N8O5/c1-13(2)5-17(25)21(33)30-19(7-15-9-26-11-28-15)23(35)31-18(6-14(3)4)22(34)32-20(24(36)37)8-16-10-27-12-29-16/h9-14,17-20H,5-8,25H2,1-4H3,(H,26,28)(H,27,29)(H,30,33)(H,31,35)(H,32,34)(H,36,37). The van der Waals surface area contributed by atoms with Crippen LogP contribution in [-0.4, -0.2) is 72.9 Å². The van der Waals surface area contributed by atoms with E-state index in [1.54, 1.807) is 0 Å². The zero-order valence-electron chi connectivity index (χ0n) is 21.7. The molecule has 0 aromatic carbocycles. The number of H-pyrrole nitrogens is 2. The molecule has 2 rings (SSSR count). The van der Waals surface area contributed by atoms with Gasteiger partial charge in [-0.1, -0.05) is 27.7 Å². The summed E-state index contributed by atoms with van der Waals surface area (Å²) in [7, 11) is 0. The van der Waals surface area contributed by atoms with Crippen molar-refractivity contribution in [3.8, 4) is 0 Å². The van der Waals surface area contributed by atoms with Crippen molar-refractivity contribution < 1.29 is 24.3 Å². The smallest absolute Gasteiger partial charge is 0.326 e. The number of aliphatic carboxylic acids is 1. The Morgan fingerprint density at radius 1 is 0.784 bits per heavy atom. The predicted octanol–water partition coefficient (Wildman–Crippen LogP) is -0.123. The molecule has 2 aromatic heterocycles. The maximum atomic E-state index is 13.3. The lowest BCUT2D eigenvalue weighted by atomic mass is 10.0. The molecule has 0 aliphatic carbocycles. The van der Waals surface area contributed by atoms with Crippen molar-refractivity contribution in [1.29, 1.82) is 0 Å². The number of aromatic nitrogens is 4. The SMILES string of the molecule is CC(C)CC(N)C(=O)NC(Cc1cnc[nH]1)C(=O)NC(CC(C)C)C(=O)NC(Cc1cnc[nH]1)C(=O)O. The maximum Gasteiger partial charge on any atom is 0.326 e. The molecular weight excluding hydrogens is 480 g/mol. The first-order valence-corrected chi connectivity index (χ1v) is 12.3. The molecule has 0 aliphatic heterocycles. The minimum absolute atomic E-state index is 0.00430. The van der Waals surface area contributed by atoms with Gasteiger partial charge in [0.05, 0.1) is 18.7 Å². The summed E-state index contributed by atoms with van der Waals surface area (Å²) in [6.07, 6.45) is 6.67. The number of nitrogens with two attached hydrogens (primary N) is 1. The van der Waals surface area contributed by atoms with Crippen molar-refractivity contribution in [2.24, 2.45) is 17.6 Å². The fourth-order valence-electron chi connectivity index (χ4n) is 3.78. The molecule has 3 amide bonds. The summed E-state index contributed by atoms with van der Waals surface area (Å²) >= 11 is 0. The number of hydrogen-bond donors (Lipinski definition) is 7. The summed E-state index contributed by atoms with van der Waals surface area (Å²) in [5.74, 6) is -2.75. The second-order valence-electron chi connectivity index (χ2n) is 9.95. The molecule has 0 radical (unpaired) electrons. The Hall–Kier alpha value is -3.74. The predicted molar refractivity (Wildman–Crippen MR) is 135 cm³/mol. The molecule has 37 heavy (non-hydrogen) atoms. The van der Waals surface area contributed by atoms with Crippen molar-refractivity contribution in [3.63, 3.8) is 0 Å². The van der Waals surface area contributed by atoms with Crippen LogP contribution in [0.3, 0.4) is 0 Å². The van der Waals surface area contributed by atoms with Crippen LogP contribution in [0, 0.1) is 11.8 Å². The number of imidazole rings is 2. The number of amides is 3. The van der Waals surface area contributed by atoms with Crippen LogP contribution in [-0.2, 0) is 32.0 Å². The molecule has 0 saturated carbocycles. The summed E-state index contributed by atoms with van der Waals surface area (Å²) < 4.78 is 0. The van der Waals surface area contributed by atoms with Crippen LogP contribution in [0.2, 0.25) is 0 Å². The van der Waals surface area contributed by atoms with Gasteiger partial charge in [-0.05, 0) is 24.7 Å². The number of carboxylic acid groups (broad SMARTS) is 1. The Kier molecular flexibility index (Phi) is 11.2. The molecule has 0 fully saturated rings. The zero-order valence-corrected chi connectivity index (χ0v) is 21.7. The Morgan fingerprint density at radius 2 is 1.24 bits per heavy atom. The molecule has 0 aliphatic rings. The van der Waals surface area contributed by atoms with Crippen molar-refractivity contribution in [2.75, 3.05) is 0 Å². The van der Waals surface area contributed by atoms with Crippen molar-refractivity contribution in [2.45, 2.75) is 77.5 Å². The third-order valence-electron chi connectivity index (χ3n) is 5.61. The van der Waals surface area contributed by atoms with E-state index in [9.17, 15) is 24.3 Å². The number of aromatic amines is 2. The van der Waals surface area contributed by atoms with Crippen LogP contribution >= 0.6 is 0 Å². The molecular formula is C24H38N8O5. The Bertz CT molecular complexity index is 1010. The summed E-state index contributed by atoms with van der Waals surface area (Å²) in [5.41, 5.74) is 7.15. The molecule has 13 nitrogen and oxygen atoms in total. The highest BCUT2D eigenvalue weighted by molar-refractivity contribution is 5.94.